The quantitative estimate of drug-likeness (QED) is 0.703. The Bertz CT molecular complexity index is 226. The topological polar surface area (TPSA) is 12.0 Å². The molecule has 0 aromatic carbocycles. The van der Waals surface area contributed by atoms with Crippen LogP contribution in [-0.2, 0) is 0 Å². The molecular weight excluding hydrogens is 206 g/mol. The molecule has 5 unspecified atom stereocenters. The van der Waals surface area contributed by atoms with Crippen molar-refractivity contribution in [1.29, 1.82) is 0 Å². The Morgan fingerprint density at radius 3 is 2.35 bits per heavy atom. The summed E-state index contributed by atoms with van der Waals surface area (Å²) in [7, 11) is 0. The molecule has 0 aliphatic heterocycles. The summed E-state index contributed by atoms with van der Waals surface area (Å²) in [6.45, 7) is 7.30. The molecule has 2 rings (SSSR count). The molecule has 5 atom stereocenters. The third-order valence-corrected chi connectivity index (χ3v) is 5.17. The van der Waals surface area contributed by atoms with Gasteiger partial charge in [0.05, 0.1) is 0 Å². The van der Waals surface area contributed by atoms with Crippen molar-refractivity contribution in [3.05, 3.63) is 0 Å². The molecule has 2 saturated carbocycles. The lowest BCUT2D eigenvalue weighted by Gasteiger charge is -2.36. The van der Waals surface area contributed by atoms with Crippen LogP contribution in [0.3, 0.4) is 0 Å². The molecule has 0 radical (unpaired) electrons. The van der Waals surface area contributed by atoms with E-state index in [0.29, 0.717) is 0 Å². The first-order valence-corrected chi connectivity index (χ1v) is 7.91. The molecule has 2 aliphatic carbocycles. The Labute approximate surface area is 108 Å². The molecule has 2 fully saturated rings. The highest BCUT2D eigenvalue weighted by Gasteiger charge is 2.27. The van der Waals surface area contributed by atoms with Crippen molar-refractivity contribution in [2.24, 2.45) is 17.8 Å². The van der Waals surface area contributed by atoms with Crippen molar-refractivity contribution >= 4 is 0 Å². The van der Waals surface area contributed by atoms with Crippen molar-refractivity contribution in [2.45, 2.75) is 84.2 Å². The van der Waals surface area contributed by atoms with Crippen molar-refractivity contribution < 1.29 is 0 Å². The second-order valence-corrected chi connectivity index (χ2v) is 6.98. The van der Waals surface area contributed by atoms with Crippen LogP contribution in [0.15, 0.2) is 0 Å². The summed E-state index contributed by atoms with van der Waals surface area (Å²) in [5.41, 5.74) is 0. The normalized spacial score (nSPS) is 44.3. The van der Waals surface area contributed by atoms with E-state index in [4.69, 9.17) is 0 Å². The maximum Gasteiger partial charge on any atom is 0.00978 e. The van der Waals surface area contributed by atoms with Crippen LogP contribution in [0.4, 0.5) is 0 Å². The van der Waals surface area contributed by atoms with Crippen LogP contribution in [0.2, 0.25) is 0 Å². The molecule has 0 aromatic heterocycles. The molecule has 0 spiro atoms. The zero-order chi connectivity index (χ0) is 12.3. The summed E-state index contributed by atoms with van der Waals surface area (Å²) in [4.78, 5) is 0. The molecule has 0 amide bonds. The number of hydrogen-bond donors (Lipinski definition) is 1. The molecule has 17 heavy (non-hydrogen) atoms. The third-order valence-electron chi connectivity index (χ3n) is 5.17. The van der Waals surface area contributed by atoms with Crippen molar-refractivity contribution in [3.63, 3.8) is 0 Å². The highest BCUT2D eigenvalue weighted by Crippen LogP contribution is 2.30. The Morgan fingerprint density at radius 1 is 0.765 bits per heavy atom. The Hall–Kier alpha value is -0.0400. The van der Waals surface area contributed by atoms with E-state index in [2.05, 4.69) is 26.1 Å². The second-order valence-electron chi connectivity index (χ2n) is 6.98. The fourth-order valence-electron chi connectivity index (χ4n) is 3.72. The zero-order valence-corrected chi connectivity index (χ0v) is 12.0. The zero-order valence-electron chi connectivity index (χ0n) is 12.0. The predicted octanol–water partition coefficient (Wildman–Crippen LogP) is 4.37. The van der Waals surface area contributed by atoms with E-state index < -0.39 is 0 Å². The maximum atomic E-state index is 4.00. The minimum atomic E-state index is 0.803. The van der Waals surface area contributed by atoms with E-state index in [-0.39, 0.29) is 0 Å². The smallest absolute Gasteiger partial charge is 0.00978 e. The molecule has 100 valence electrons. The van der Waals surface area contributed by atoms with E-state index in [1.165, 1.54) is 51.4 Å². The fourth-order valence-corrected chi connectivity index (χ4v) is 3.72. The van der Waals surface area contributed by atoms with Gasteiger partial charge in [0, 0.05) is 12.1 Å². The van der Waals surface area contributed by atoms with Gasteiger partial charge in [0.15, 0.2) is 0 Å². The van der Waals surface area contributed by atoms with Crippen LogP contribution < -0.4 is 5.32 Å². The summed E-state index contributed by atoms with van der Waals surface area (Å²) >= 11 is 0. The fraction of sp³-hybridized carbons (Fsp3) is 1.00. The minimum Gasteiger partial charge on any atom is -0.311 e. The lowest BCUT2D eigenvalue weighted by atomic mass is 9.79. The molecule has 1 heteroatoms. The average molecular weight is 237 g/mol. The van der Waals surface area contributed by atoms with Crippen LogP contribution >= 0.6 is 0 Å². The largest absolute Gasteiger partial charge is 0.311 e. The SMILES string of the molecule is CC1CCCC(NC2CC(C)CCC2C)CC1. The van der Waals surface area contributed by atoms with E-state index in [1.807, 2.05) is 0 Å². The van der Waals surface area contributed by atoms with Gasteiger partial charge in [-0.1, -0.05) is 40.0 Å². The summed E-state index contributed by atoms with van der Waals surface area (Å²) < 4.78 is 0. The van der Waals surface area contributed by atoms with E-state index >= 15 is 0 Å². The van der Waals surface area contributed by atoms with Gasteiger partial charge in [0.25, 0.3) is 0 Å². The summed E-state index contributed by atoms with van der Waals surface area (Å²) in [6, 6.07) is 1.62. The first kappa shape index (κ1) is 13.4. The first-order chi connectivity index (χ1) is 8.15. The van der Waals surface area contributed by atoms with Gasteiger partial charge in [-0.15, -0.1) is 0 Å². The Kier molecular flexibility index (Phi) is 4.90. The summed E-state index contributed by atoms with van der Waals surface area (Å²) in [6.07, 6.45) is 11.5. The highest BCUT2D eigenvalue weighted by atomic mass is 15.0. The molecule has 0 heterocycles. The lowest BCUT2D eigenvalue weighted by Crippen LogP contribution is -2.44. The van der Waals surface area contributed by atoms with Gasteiger partial charge in [-0.25, -0.2) is 0 Å². The van der Waals surface area contributed by atoms with Gasteiger partial charge in [-0.3, -0.25) is 0 Å². The first-order valence-electron chi connectivity index (χ1n) is 7.91. The van der Waals surface area contributed by atoms with Crippen LogP contribution in [0, 0.1) is 17.8 Å². The van der Waals surface area contributed by atoms with Gasteiger partial charge in [-0.05, 0) is 49.9 Å². The Morgan fingerprint density at radius 2 is 1.53 bits per heavy atom. The van der Waals surface area contributed by atoms with E-state index in [1.54, 1.807) is 0 Å². The number of hydrogen-bond acceptors (Lipinski definition) is 1. The van der Waals surface area contributed by atoms with Crippen molar-refractivity contribution in [3.8, 4) is 0 Å². The summed E-state index contributed by atoms with van der Waals surface area (Å²) in [5, 5.41) is 4.00. The molecular formula is C16H31N. The van der Waals surface area contributed by atoms with Crippen LogP contribution in [0.5, 0.6) is 0 Å². The van der Waals surface area contributed by atoms with Crippen LogP contribution in [0.25, 0.3) is 0 Å². The van der Waals surface area contributed by atoms with Crippen LogP contribution in [-0.4, -0.2) is 12.1 Å². The molecule has 1 nitrogen and oxygen atoms in total. The van der Waals surface area contributed by atoms with Gasteiger partial charge >= 0.3 is 0 Å². The Balaban J connectivity index is 1.82. The predicted molar refractivity (Wildman–Crippen MR) is 75.1 cm³/mol. The molecule has 0 aromatic rings. The number of rotatable bonds is 2. The minimum absolute atomic E-state index is 0.803. The maximum absolute atomic E-state index is 4.00. The van der Waals surface area contributed by atoms with Crippen molar-refractivity contribution in [2.75, 3.05) is 0 Å². The summed E-state index contributed by atoms with van der Waals surface area (Å²) in [5.74, 6) is 2.80. The molecule has 0 bridgehead atoms. The third kappa shape index (κ3) is 3.98. The number of nitrogens with one attached hydrogen (secondary N) is 1. The second kappa shape index (κ2) is 6.22. The monoisotopic (exact) mass is 237 g/mol. The average Bonchev–Trinajstić information content (AvgIpc) is 2.49. The van der Waals surface area contributed by atoms with E-state index in [9.17, 15) is 0 Å². The van der Waals surface area contributed by atoms with Crippen molar-refractivity contribution in [1.82, 2.24) is 5.32 Å². The van der Waals surface area contributed by atoms with Gasteiger partial charge < -0.3 is 5.32 Å². The van der Waals surface area contributed by atoms with Gasteiger partial charge in [0.2, 0.25) is 0 Å². The van der Waals surface area contributed by atoms with Gasteiger partial charge in [0.1, 0.15) is 0 Å². The highest BCUT2D eigenvalue weighted by molar-refractivity contribution is 4.85. The standard InChI is InChI=1S/C16H31N/c1-12-5-4-6-15(10-8-12)17-16-11-13(2)7-9-14(16)3/h12-17H,4-11H2,1-3H3. The molecule has 2 aliphatic rings. The lowest BCUT2D eigenvalue weighted by molar-refractivity contribution is 0.207. The molecule has 0 saturated heterocycles. The van der Waals surface area contributed by atoms with E-state index in [0.717, 1.165) is 29.8 Å². The van der Waals surface area contributed by atoms with Gasteiger partial charge in [-0.2, -0.15) is 0 Å². The molecule has 1 N–H and O–H groups in total. The van der Waals surface area contributed by atoms with Crippen LogP contribution in [0.1, 0.15) is 72.1 Å².